The lowest BCUT2D eigenvalue weighted by Crippen LogP contribution is -2.56. The monoisotopic (exact) mass is 392 g/mol. The maximum absolute atomic E-state index is 12.3. The van der Waals surface area contributed by atoms with E-state index >= 15 is 0 Å². The van der Waals surface area contributed by atoms with Gasteiger partial charge in [-0.15, -0.1) is 0 Å². The largest absolute Gasteiger partial charge is 0.477 e. The Morgan fingerprint density at radius 3 is 2.75 bits per heavy atom. The number of fused-ring (bicyclic) bond motifs is 1. The number of carbonyl (C=O) groups is 1. The molecular weight excluding hydrogens is 364 g/mol. The lowest BCUT2D eigenvalue weighted by atomic mass is 9.84. The summed E-state index contributed by atoms with van der Waals surface area (Å²) in [6.07, 6.45) is 1.37. The maximum atomic E-state index is 12.3. The number of pyridine rings is 1. The summed E-state index contributed by atoms with van der Waals surface area (Å²) in [5.41, 5.74) is 0.714. The fourth-order valence-electron chi connectivity index (χ4n) is 3.81. The molecule has 0 aliphatic carbocycles. The normalized spacial score (nSPS) is 24.3. The summed E-state index contributed by atoms with van der Waals surface area (Å²) in [6.45, 7) is 11.2. The van der Waals surface area contributed by atoms with Crippen LogP contribution >= 0.6 is 0 Å². The number of nitrogens with one attached hydrogen (secondary N) is 1. The van der Waals surface area contributed by atoms with Crippen LogP contribution < -0.4 is 15.0 Å². The zero-order valence-electron chi connectivity index (χ0n) is 17.0. The highest BCUT2D eigenvalue weighted by atomic mass is 16.6. The van der Waals surface area contributed by atoms with Crippen molar-refractivity contribution in [1.29, 1.82) is 0 Å². The van der Waals surface area contributed by atoms with Gasteiger partial charge in [0.05, 0.1) is 17.6 Å². The lowest BCUT2D eigenvalue weighted by molar-refractivity contribution is -0.384. The Bertz CT molecular complexity index is 776. The third-order valence-corrected chi connectivity index (χ3v) is 5.35. The van der Waals surface area contributed by atoms with Crippen molar-refractivity contribution in [3.05, 3.63) is 21.9 Å². The van der Waals surface area contributed by atoms with Crippen molar-refractivity contribution in [2.75, 3.05) is 24.6 Å². The van der Waals surface area contributed by atoms with Crippen LogP contribution in [0.1, 0.15) is 40.2 Å². The standard InChI is InChI=1S/C19H28N4O5/c1-11-9-22(10-14(12(11)2)21-18(24)28-19(3,4)5)16-13-6-7-27-17(13)20-8-15(16)23(25)26/h8,11-12,14H,6-7,9-10H2,1-5H3,(H,21,24). The molecule has 3 heterocycles. The molecule has 3 rings (SSSR count). The Kier molecular flexibility index (Phi) is 5.36. The van der Waals surface area contributed by atoms with E-state index in [9.17, 15) is 14.9 Å². The number of carbonyl (C=O) groups excluding carboxylic acids is 1. The topological polar surface area (TPSA) is 107 Å². The first-order chi connectivity index (χ1) is 13.1. The van der Waals surface area contributed by atoms with Crippen molar-refractivity contribution in [2.24, 2.45) is 11.8 Å². The highest BCUT2D eigenvalue weighted by Crippen LogP contribution is 2.41. The van der Waals surface area contributed by atoms with Crippen LogP contribution in [0.4, 0.5) is 16.2 Å². The summed E-state index contributed by atoms with van der Waals surface area (Å²) in [5, 5.41) is 14.6. The molecule has 1 amide bonds. The van der Waals surface area contributed by atoms with E-state index < -0.39 is 16.6 Å². The molecule has 1 N–H and O–H groups in total. The van der Waals surface area contributed by atoms with E-state index in [2.05, 4.69) is 24.1 Å². The van der Waals surface area contributed by atoms with Crippen molar-refractivity contribution in [2.45, 2.75) is 52.7 Å². The molecule has 1 fully saturated rings. The van der Waals surface area contributed by atoms with Crippen LogP contribution in [0.2, 0.25) is 0 Å². The molecule has 1 aromatic heterocycles. The smallest absolute Gasteiger partial charge is 0.407 e. The molecule has 0 bridgehead atoms. The second-order valence-corrected chi connectivity index (χ2v) is 8.63. The lowest BCUT2D eigenvalue weighted by Gasteiger charge is -2.42. The Morgan fingerprint density at radius 2 is 2.11 bits per heavy atom. The minimum absolute atomic E-state index is 0.0259. The number of ether oxygens (including phenoxy) is 2. The maximum Gasteiger partial charge on any atom is 0.407 e. The first-order valence-electron chi connectivity index (χ1n) is 9.60. The van der Waals surface area contributed by atoms with E-state index in [-0.39, 0.29) is 23.6 Å². The van der Waals surface area contributed by atoms with Crippen molar-refractivity contribution < 1.29 is 19.2 Å². The minimum atomic E-state index is -0.588. The second kappa shape index (κ2) is 7.44. The number of anilines is 1. The summed E-state index contributed by atoms with van der Waals surface area (Å²) in [6, 6.07) is -0.190. The number of piperidine rings is 1. The Morgan fingerprint density at radius 1 is 1.39 bits per heavy atom. The average molecular weight is 392 g/mol. The summed E-state index contributed by atoms with van der Waals surface area (Å²) in [7, 11) is 0. The zero-order chi connectivity index (χ0) is 20.6. The molecule has 2 aliphatic heterocycles. The van der Waals surface area contributed by atoms with E-state index in [1.54, 1.807) is 0 Å². The molecule has 0 saturated carbocycles. The van der Waals surface area contributed by atoms with Crippen LogP contribution in [0.15, 0.2) is 6.20 Å². The minimum Gasteiger partial charge on any atom is -0.477 e. The molecule has 3 unspecified atom stereocenters. The number of hydrogen-bond acceptors (Lipinski definition) is 7. The molecule has 0 spiro atoms. The van der Waals surface area contributed by atoms with Gasteiger partial charge in [-0.2, -0.15) is 0 Å². The van der Waals surface area contributed by atoms with E-state index in [0.29, 0.717) is 37.7 Å². The number of aromatic nitrogens is 1. The van der Waals surface area contributed by atoms with Gasteiger partial charge in [0.2, 0.25) is 5.88 Å². The van der Waals surface area contributed by atoms with Gasteiger partial charge >= 0.3 is 11.8 Å². The third kappa shape index (κ3) is 4.13. The fourth-order valence-corrected chi connectivity index (χ4v) is 3.81. The van der Waals surface area contributed by atoms with E-state index in [0.717, 1.165) is 5.56 Å². The predicted molar refractivity (Wildman–Crippen MR) is 104 cm³/mol. The first-order valence-corrected chi connectivity index (χ1v) is 9.60. The van der Waals surface area contributed by atoms with E-state index in [1.165, 1.54) is 6.20 Å². The summed E-state index contributed by atoms with van der Waals surface area (Å²) < 4.78 is 10.9. The summed E-state index contributed by atoms with van der Waals surface area (Å²) in [4.78, 5) is 29.6. The number of nitrogens with zero attached hydrogens (tertiary/aromatic N) is 3. The van der Waals surface area contributed by atoms with Crippen molar-refractivity contribution in [3.63, 3.8) is 0 Å². The average Bonchev–Trinajstić information content (AvgIpc) is 3.04. The van der Waals surface area contributed by atoms with Crippen LogP contribution in [-0.4, -0.2) is 47.3 Å². The van der Waals surface area contributed by atoms with Crippen molar-refractivity contribution in [1.82, 2.24) is 10.3 Å². The van der Waals surface area contributed by atoms with Gasteiger partial charge in [0, 0.05) is 25.1 Å². The van der Waals surface area contributed by atoms with Crippen molar-refractivity contribution >= 4 is 17.5 Å². The molecule has 3 atom stereocenters. The van der Waals surface area contributed by atoms with Gasteiger partial charge in [0.15, 0.2) is 0 Å². The number of amides is 1. The predicted octanol–water partition coefficient (Wildman–Crippen LogP) is 2.91. The number of hydrogen-bond donors (Lipinski definition) is 1. The van der Waals surface area contributed by atoms with Gasteiger partial charge < -0.3 is 19.7 Å². The molecule has 0 radical (unpaired) electrons. The molecule has 1 aromatic rings. The van der Waals surface area contributed by atoms with Gasteiger partial charge in [-0.25, -0.2) is 9.78 Å². The van der Waals surface area contributed by atoms with Gasteiger partial charge in [-0.05, 0) is 32.6 Å². The highest BCUT2D eigenvalue weighted by molar-refractivity contribution is 5.72. The van der Waals surface area contributed by atoms with Gasteiger partial charge in [-0.3, -0.25) is 10.1 Å². The molecular formula is C19H28N4O5. The van der Waals surface area contributed by atoms with E-state index in [4.69, 9.17) is 9.47 Å². The first kappa shape index (κ1) is 20.2. The Labute approximate surface area is 164 Å². The summed E-state index contributed by atoms with van der Waals surface area (Å²) in [5.74, 6) is 0.886. The number of nitro groups is 1. The fraction of sp³-hybridized carbons (Fsp3) is 0.684. The molecule has 28 heavy (non-hydrogen) atoms. The summed E-state index contributed by atoms with van der Waals surface area (Å²) >= 11 is 0. The quantitative estimate of drug-likeness (QED) is 0.622. The van der Waals surface area contributed by atoms with Gasteiger partial charge in [0.1, 0.15) is 17.5 Å². The molecule has 0 aromatic carbocycles. The number of alkyl carbamates (subject to hydrolysis) is 1. The second-order valence-electron chi connectivity index (χ2n) is 8.63. The third-order valence-electron chi connectivity index (χ3n) is 5.35. The Balaban J connectivity index is 1.88. The van der Waals surface area contributed by atoms with Crippen LogP contribution in [-0.2, 0) is 11.2 Å². The molecule has 9 heteroatoms. The van der Waals surface area contributed by atoms with Crippen LogP contribution in [0.3, 0.4) is 0 Å². The molecule has 154 valence electrons. The van der Waals surface area contributed by atoms with Crippen molar-refractivity contribution in [3.8, 4) is 5.88 Å². The van der Waals surface area contributed by atoms with Crippen LogP contribution in [0.25, 0.3) is 0 Å². The van der Waals surface area contributed by atoms with Gasteiger partial charge in [-0.1, -0.05) is 13.8 Å². The van der Waals surface area contributed by atoms with E-state index in [1.807, 2.05) is 25.7 Å². The Hall–Kier alpha value is -2.58. The molecule has 2 aliphatic rings. The molecule has 1 saturated heterocycles. The van der Waals surface area contributed by atoms with Crippen LogP contribution in [0.5, 0.6) is 5.88 Å². The zero-order valence-corrected chi connectivity index (χ0v) is 17.0. The number of rotatable bonds is 3. The SMILES string of the molecule is CC1CN(c2c([N+](=O)[O-])cnc3c2CCO3)CC(NC(=O)OC(C)(C)C)C1C. The molecule has 9 nitrogen and oxygen atoms in total. The van der Waals surface area contributed by atoms with Gasteiger partial charge in [0.25, 0.3) is 0 Å². The highest BCUT2D eigenvalue weighted by Gasteiger charge is 2.38. The van der Waals surface area contributed by atoms with Crippen LogP contribution in [0, 0.1) is 22.0 Å².